The van der Waals surface area contributed by atoms with Crippen LogP contribution >= 0.6 is 11.6 Å². The second kappa shape index (κ2) is 5.93. The van der Waals surface area contributed by atoms with Crippen LogP contribution in [0.4, 0.5) is 4.39 Å². The number of carbonyl (C=O) groups is 1. The van der Waals surface area contributed by atoms with Crippen LogP contribution in [0.25, 0.3) is 0 Å². The molecule has 5 heteroatoms. The molecule has 1 aliphatic heterocycles. The Morgan fingerprint density at radius 2 is 1.95 bits per heavy atom. The third kappa shape index (κ3) is 3.38. The van der Waals surface area contributed by atoms with E-state index < -0.39 is 0 Å². The molecular weight excluding hydrogens is 291 g/mol. The summed E-state index contributed by atoms with van der Waals surface area (Å²) < 4.78 is 13.4. The van der Waals surface area contributed by atoms with Crippen LogP contribution in [0.3, 0.4) is 0 Å². The van der Waals surface area contributed by atoms with E-state index in [2.05, 4.69) is 10.2 Å². The fraction of sp³-hybridized carbons (Fsp3) is 0.562. The molecule has 21 heavy (non-hydrogen) atoms. The number of halogens is 2. The zero-order valence-corrected chi connectivity index (χ0v) is 12.9. The molecular formula is C16H20ClFN2O. The molecule has 0 spiro atoms. The second-order valence-corrected chi connectivity index (χ2v) is 6.50. The van der Waals surface area contributed by atoms with E-state index in [1.54, 1.807) is 6.92 Å². The Morgan fingerprint density at radius 1 is 1.29 bits per heavy atom. The summed E-state index contributed by atoms with van der Waals surface area (Å²) in [5.41, 5.74) is 0.799. The monoisotopic (exact) mass is 310 g/mol. The number of hydrogen-bond donors (Lipinski definition) is 1. The average Bonchev–Trinajstić information content (AvgIpc) is 3.28. The normalized spacial score (nSPS) is 20.5. The molecule has 0 aromatic heterocycles. The molecule has 1 saturated heterocycles. The number of amides is 1. The van der Waals surface area contributed by atoms with Gasteiger partial charge in [-0.25, -0.2) is 4.39 Å². The van der Waals surface area contributed by atoms with Gasteiger partial charge >= 0.3 is 0 Å². The van der Waals surface area contributed by atoms with Crippen molar-refractivity contribution < 1.29 is 9.18 Å². The maximum absolute atomic E-state index is 13.4. The van der Waals surface area contributed by atoms with Gasteiger partial charge in [0.05, 0.1) is 10.6 Å². The van der Waals surface area contributed by atoms with Gasteiger partial charge < -0.3 is 10.2 Å². The van der Waals surface area contributed by atoms with Gasteiger partial charge in [0.2, 0.25) is 0 Å². The topological polar surface area (TPSA) is 32.3 Å². The van der Waals surface area contributed by atoms with Crippen LogP contribution in [0.5, 0.6) is 0 Å². The zero-order chi connectivity index (χ0) is 15.0. The summed E-state index contributed by atoms with van der Waals surface area (Å²) in [6.45, 7) is 3.73. The van der Waals surface area contributed by atoms with Gasteiger partial charge in [0, 0.05) is 25.2 Å². The van der Waals surface area contributed by atoms with Crippen molar-refractivity contribution in [2.75, 3.05) is 13.1 Å². The molecule has 1 saturated carbocycles. The highest BCUT2D eigenvalue weighted by Gasteiger charge is 2.32. The molecule has 1 aromatic carbocycles. The summed E-state index contributed by atoms with van der Waals surface area (Å²) in [7, 11) is 0. The highest BCUT2D eigenvalue weighted by atomic mass is 35.5. The van der Waals surface area contributed by atoms with E-state index in [0.717, 1.165) is 32.0 Å². The van der Waals surface area contributed by atoms with E-state index >= 15 is 0 Å². The number of nitrogens with zero attached hydrogens (tertiary/aromatic N) is 1. The first-order valence-corrected chi connectivity index (χ1v) is 7.93. The molecule has 114 valence electrons. The van der Waals surface area contributed by atoms with Crippen LogP contribution in [-0.4, -0.2) is 36.0 Å². The zero-order valence-electron chi connectivity index (χ0n) is 12.2. The van der Waals surface area contributed by atoms with Gasteiger partial charge in [-0.05, 0) is 50.3 Å². The molecule has 0 atom stereocenters. The number of piperidine rings is 1. The molecule has 1 amide bonds. The van der Waals surface area contributed by atoms with E-state index in [9.17, 15) is 9.18 Å². The van der Waals surface area contributed by atoms with Gasteiger partial charge in [-0.15, -0.1) is 0 Å². The Hall–Kier alpha value is -1.13. The molecule has 2 aliphatic rings. The summed E-state index contributed by atoms with van der Waals surface area (Å²) in [5.74, 6) is -0.581. The number of rotatable bonds is 3. The molecule has 0 bridgehead atoms. The molecule has 0 radical (unpaired) electrons. The lowest BCUT2D eigenvalue weighted by molar-refractivity contribution is 0.0909. The molecule has 0 unspecified atom stereocenters. The van der Waals surface area contributed by atoms with Crippen molar-refractivity contribution in [1.82, 2.24) is 10.2 Å². The van der Waals surface area contributed by atoms with Gasteiger partial charge in [0.15, 0.2) is 0 Å². The van der Waals surface area contributed by atoms with Gasteiger partial charge in [-0.3, -0.25) is 4.79 Å². The summed E-state index contributed by atoms with van der Waals surface area (Å²) in [6.07, 6.45) is 4.59. The minimum absolute atomic E-state index is 0.172. The Bertz CT molecular complexity index is 551. The molecule has 3 nitrogen and oxygen atoms in total. The van der Waals surface area contributed by atoms with Crippen molar-refractivity contribution in [2.45, 2.75) is 44.7 Å². The lowest BCUT2D eigenvalue weighted by Crippen LogP contribution is -2.45. The van der Waals surface area contributed by atoms with Crippen LogP contribution in [-0.2, 0) is 0 Å². The molecule has 1 N–H and O–H groups in total. The van der Waals surface area contributed by atoms with Crippen LogP contribution in [0.2, 0.25) is 5.02 Å². The quantitative estimate of drug-likeness (QED) is 0.930. The Kier molecular flexibility index (Phi) is 4.18. The minimum atomic E-state index is -0.380. The first-order chi connectivity index (χ1) is 10.0. The van der Waals surface area contributed by atoms with E-state index in [-0.39, 0.29) is 22.8 Å². The largest absolute Gasteiger partial charge is 0.349 e. The van der Waals surface area contributed by atoms with Crippen molar-refractivity contribution in [2.24, 2.45) is 0 Å². The van der Waals surface area contributed by atoms with E-state index in [0.29, 0.717) is 11.1 Å². The highest BCUT2D eigenvalue weighted by Crippen LogP contribution is 2.29. The predicted octanol–water partition coefficient (Wildman–Crippen LogP) is 3.14. The summed E-state index contributed by atoms with van der Waals surface area (Å²) in [5, 5.41) is 3.20. The SMILES string of the molecule is Cc1cc(C(=O)NC2CCN(C3CC3)CC2)c(Cl)cc1F. The molecule has 1 heterocycles. The maximum atomic E-state index is 13.4. The van der Waals surface area contributed by atoms with Crippen LogP contribution in [0, 0.1) is 12.7 Å². The van der Waals surface area contributed by atoms with Crippen LogP contribution < -0.4 is 5.32 Å². The molecule has 1 aliphatic carbocycles. The van der Waals surface area contributed by atoms with Crippen LogP contribution in [0.1, 0.15) is 41.6 Å². The third-order valence-electron chi connectivity index (χ3n) is 4.42. The standard InChI is InChI=1S/C16H20ClFN2O/c1-10-8-13(14(17)9-15(10)18)16(21)19-11-4-6-20(7-5-11)12-2-3-12/h8-9,11-12H,2-7H2,1H3,(H,19,21). The summed E-state index contributed by atoms with van der Waals surface area (Å²) in [6, 6.07) is 3.71. The lowest BCUT2D eigenvalue weighted by atomic mass is 10.0. The first kappa shape index (κ1) is 14.8. The van der Waals surface area contributed by atoms with Gasteiger partial charge in [-0.1, -0.05) is 11.6 Å². The predicted molar refractivity (Wildman–Crippen MR) is 81.2 cm³/mol. The van der Waals surface area contributed by atoms with Crippen molar-refractivity contribution in [3.8, 4) is 0 Å². The Balaban J connectivity index is 1.60. The molecule has 3 rings (SSSR count). The fourth-order valence-corrected chi connectivity index (χ4v) is 3.18. The van der Waals surface area contributed by atoms with Crippen molar-refractivity contribution in [1.29, 1.82) is 0 Å². The van der Waals surface area contributed by atoms with Crippen molar-refractivity contribution in [3.05, 3.63) is 34.1 Å². The number of nitrogens with one attached hydrogen (secondary N) is 1. The second-order valence-electron chi connectivity index (χ2n) is 6.10. The van der Waals surface area contributed by atoms with Gasteiger partial charge in [-0.2, -0.15) is 0 Å². The van der Waals surface area contributed by atoms with Gasteiger partial charge in [0.1, 0.15) is 5.82 Å². The third-order valence-corrected chi connectivity index (χ3v) is 4.73. The highest BCUT2D eigenvalue weighted by molar-refractivity contribution is 6.33. The number of likely N-dealkylation sites (tertiary alicyclic amines) is 1. The van der Waals surface area contributed by atoms with E-state index in [1.165, 1.54) is 25.0 Å². The average molecular weight is 311 g/mol. The van der Waals surface area contributed by atoms with Crippen molar-refractivity contribution >= 4 is 17.5 Å². The maximum Gasteiger partial charge on any atom is 0.253 e. The van der Waals surface area contributed by atoms with Gasteiger partial charge in [0.25, 0.3) is 5.91 Å². The fourth-order valence-electron chi connectivity index (χ4n) is 2.94. The number of aryl methyl sites for hydroxylation is 1. The summed E-state index contributed by atoms with van der Waals surface area (Å²) >= 11 is 5.98. The molecule has 2 fully saturated rings. The minimum Gasteiger partial charge on any atom is -0.349 e. The smallest absolute Gasteiger partial charge is 0.253 e. The summed E-state index contributed by atoms with van der Waals surface area (Å²) in [4.78, 5) is 14.8. The molecule has 1 aromatic rings. The Labute approximate surface area is 129 Å². The Morgan fingerprint density at radius 3 is 2.57 bits per heavy atom. The van der Waals surface area contributed by atoms with Crippen molar-refractivity contribution in [3.63, 3.8) is 0 Å². The van der Waals surface area contributed by atoms with E-state index in [1.807, 2.05) is 0 Å². The first-order valence-electron chi connectivity index (χ1n) is 7.55. The lowest BCUT2D eigenvalue weighted by Gasteiger charge is -2.32. The number of carbonyl (C=O) groups excluding carboxylic acids is 1. The number of benzene rings is 1. The van der Waals surface area contributed by atoms with E-state index in [4.69, 9.17) is 11.6 Å². The number of hydrogen-bond acceptors (Lipinski definition) is 2. The van der Waals surface area contributed by atoms with Crippen LogP contribution in [0.15, 0.2) is 12.1 Å².